The highest BCUT2D eigenvalue weighted by atomic mass is 16.4. The number of rotatable bonds is 19. The van der Waals surface area contributed by atoms with Crippen molar-refractivity contribution in [2.75, 3.05) is 6.54 Å². The fourth-order valence-electron chi connectivity index (χ4n) is 3.81. The fraction of sp³-hybridized carbons (Fsp3) is 0.815. The number of carboxylic acid groups (broad SMARTS) is 1. The van der Waals surface area contributed by atoms with E-state index in [0.29, 0.717) is 38.6 Å². The number of unbranched alkanes of at least 4 members (excludes halogenated alkanes) is 1. The van der Waals surface area contributed by atoms with Gasteiger partial charge in [-0.25, -0.2) is 0 Å². The molecule has 0 spiro atoms. The second-order valence-electron chi connectivity index (χ2n) is 10.6. The molecule has 4 amide bonds. The van der Waals surface area contributed by atoms with Gasteiger partial charge in [-0.05, 0) is 50.5 Å². The fourth-order valence-corrected chi connectivity index (χ4v) is 3.81. The van der Waals surface area contributed by atoms with E-state index in [1.165, 1.54) is 6.92 Å². The number of aliphatic carboxylic acids is 1. The van der Waals surface area contributed by atoms with Crippen LogP contribution in [0.5, 0.6) is 0 Å². The molecule has 0 aromatic rings. The molecule has 0 aliphatic heterocycles. The van der Waals surface area contributed by atoms with E-state index in [-0.39, 0.29) is 24.2 Å². The molecule has 0 heterocycles. The van der Waals surface area contributed by atoms with Crippen molar-refractivity contribution in [3.05, 3.63) is 0 Å². The molecule has 0 aromatic heterocycles. The largest absolute Gasteiger partial charge is 0.480 e. The van der Waals surface area contributed by atoms with Crippen molar-refractivity contribution in [3.8, 4) is 0 Å². The number of carbonyl (C=O) groups is 5. The second-order valence-corrected chi connectivity index (χ2v) is 10.6. The van der Waals surface area contributed by atoms with Gasteiger partial charge in [-0.2, -0.15) is 0 Å². The summed E-state index contributed by atoms with van der Waals surface area (Å²) in [6.45, 7) is 12.9. The third kappa shape index (κ3) is 12.3. The molecule has 0 aromatic carbocycles. The van der Waals surface area contributed by atoms with Crippen LogP contribution in [-0.4, -0.2) is 71.5 Å². The molecular weight excluding hydrogens is 504 g/mol. The van der Waals surface area contributed by atoms with Gasteiger partial charge in [0.15, 0.2) is 0 Å². The van der Waals surface area contributed by atoms with Gasteiger partial charge in [0.25, 0.3) is 0 Å². The summed E-state index contributed by atoms with van der Waals surface area (Å²) < 4.78 is 0. The number of carboxylic acids is 1. The summed E-state index contributed by atoms with van der Waals surface area (Å²) in [5, 5.41) is 19.8. The monoisotopic (exact) mass is 556 g/mol. The van der Waals surface area contributed by atoms with E-state index in [9.17, 15) is 24.0 Å². The van der Waals surface area contributed by atoms with Crippen molar-refractivity contribution in [3.63, 3.8) is 0 Å². The predicted molar refractivity (Wildman–Crippen MR) is 150 cm³/mol. The number of hydrogen-bond donors (Lipinski definition) is 7. The Morgan fingerprint density at radius 3 is 1.56 bits per heavy atom. The summed E-state index contributed by atoms with van der Waals surface area (Å²) in [4.78, 5) is 63.6. The number of amides is 4. The zero-order chi connectivity index (χ0) is 30.3. The van der Waals surface area contributed by atoms with Crippen molar-refractivity contribution in [1.29, 1.82) is 0 Å². The lowest BCUT2D eigenvalue weighted by Crippen LogP contribution is -2.61. The van der Waals surface area contributed by atoms with Crippen molar-refractivity contribution in [2.24, 2.45) is 29.2 Å². The van der Waals surface area contributed by atoms with Crippen LogP contribution in [0, 0.1) is 17.8 Å². The molecule has 39 heavy (non-hydrogen) atoms. The molecule has 12 heteroatoms. The first-order valence-corrected chi connectivity index (χ1v) is 14.1. The maximum absolute atomic E-state index is 13.4. The lowest BCUT2D eigenvalue weighted by Gasteiger charge is -2.31. The van der Waals surface area contributed by atoms with Crippen LogP contribution in [0.15, 0.2) is 0 Å². The van der Waals surface area contributed by atoms with Crippen molar-refractivity contribution in [1.82, 2.24) is 21.3 Å². The van der Waals surface area contributed by atoms with E-state index in [4.69, 9.17) is 16.6 Å². The minimum absolute atomic E-state index is 0.0736. The summed E-state index contributed by atoms with van der Waals surface area (Å²) in [5.74, 6) is -3.95. The van der Waals surface area contributed by atoms with Gasteiger partial charge in [0, 0.05) is 0 Å². The number of nitrogens with two attached hydrogens (primary N) is 2. The normalized spacial score (nSPS) is 17.4. The van der Waals surface area contributed by atoms with Crippen LogP contribution in [0.1, 0.15) is 87.0 Å². The number of carbonyl (C=O) groups excluding carboxylic acids is 4. The molecule has 0 fully saturated rings. The Morgan fingerprint density at radius 1 is 0.667 bits per heavy atom. The standard InChI is InChI=1S/C27H52N6O6/c1-8-15(4)20(29)24(35)32-22(17(6)10-3)26(37)33-21(16(5)9-2)25(36)31-19(13-11-12-14-28)23(34)30-18(7)27(38)39/h15-22H,8-14,28-29H2,1-7H3,(H,30,34)(H,31,36)(H,32,35)(H,33,37)(H,38,39). The maximum Gasteiger partial charge on any atom is 0.325 e. The number of nitrogens with one attached hydrogen (secondary N) is 4. The van der Waals surface area contributed by atoms with Crippen molar-refractivity contribution < 1.29 is 29.1 Å². The van der Waals surface area contributed by atoms with E-state index in [2.05, 4.69) is 21.3 Å². The highest BCUT2D eigenvalue weighted by Crippen LogP contribution is 2.14. The average molecular weight is 557 g/mol. The molecule has 0 rings (SSSR count). The molecular formula is C27H52N6O6. The van der Waals surface area contributed by atoms with Crippen LogP contribution in [0.2, 0.25) is 0 Å². The average Bonchev–Trinajstić information content (AvgIpc) is 2.91. The minimum atomic E-state index is -1.20. The maximum atomic E-state index is 13.4. The van der Waals surface area contributed by atoms with E-state index < -0.39 is 59.8 Å². The molecule has 0 saturated carbocycles. The van der Waals surface area contributed by atoms with Crippen LogP contribution in [-0.2, 0) is 24.0 Å². The van der Waals surface area contributed by atoms with Gasteiger partial charge in [0.2, 0.25) is 23.6 Å². The molecule has 9 N–H and O–H groups in total. The van der Waals surface area contributed by atoms with E-state index >= 15 is 0 Å². The van der Waals surface area contributed by atoms with Crippen LogP contribution in [0.3, 0.4) is 0 Å². The Hall–Kier alpha value is -2.73. The van der Waals surface area contributed by atoms with E-state index in [0.717, 1.165) is 0 Å². The predicted octanol–water partition coefficient (Wildman–Crippen LogP) is 0.625. The van der Waals surface area contributed by atoms with Gasteiger partial charge in [0.1, 0.15) is 24.2 Å². The lowest BCUT2D eigenvalue weighted by molar-refractivity contribution is -0.142. The Labute approximate surface area is 233 Å². The molecule has 226 valence electrons. The van der Waals surface area contributed by atoms with Crippen LogP contribution in [0.4, 0.5) is 0 Å². The Kier molecular flexibility index (Phi) is 17.2. The third-order valence-electron chi connectivity index (χ3n) is 7.46. The van der Waals surface area contributed by atoms with Crippen LogP contribution in [0.25, 0.3) is 0 Å². The van der Waals surface area contributed by atoms with Gasteiger partial charge in [-0.1, -0.05) is 60.8 Å². The summed E-state index contributed by atoms with van der Waals surface area (Å²) in [6, 6.07) is -4.82. The molecule has 8 unspecified atom stereocenters. The van der Waals surface area contributed by atoms with Gasteiger partial charge < -0.3 is 37.8 Å². The summed E-state index contributed by atoms with van der Waals surface area (Å²) in [6.07, 6.45) is 3.27. The first kappa shape index (κ1) is 36.3. The summed E-state index contributed by atoms with van der Waals surface area (Å²) in [7, 11) is 0. The van der Waals surface area contributed by atoms with E-state index in [1.54, 1.807) is 6.92 Å². The quantitative estimate of drug-likeness (QED) is 0.112. The summed E-state index contributed by atoms with van der Waals surface area (Å²) in [5.41, 5.74) is 11.6. The van der Waals surface area contributed by atoms with Crippen molar-refractivity contribution in [2.45, 2.75) is 117 Å². The van der Waals surface area contributed by atoms with Gasteiger partial charge in [0.05, 0.1) is 6.04 Å². The minimum Gasteiger partial charge on any atom is -0.480 e. The zero-order valence-corrected chi connectivity index (χ0v) is 24.7. The third-order valence-corrected chi connectivity index (χ3v) is 7.46. The first-order chi connectivity index (χ1) is 18.2. The SMILES string of the molecule is CCC(C)C(N)C(=O)NC(C(=O)NC(C(=O)NC(CCCCN)C(=O)NC(C)C(=O)O)C(C)CC)C(C)CC. The number of hydrogen-bond acceptors (Lipinski definition) is 7. The smallest absolute Gasteiger partial charge is 0.325 e. The molecule has 0 aliphatic rings. The molecule has 0 bridgehead atoms. The second kappa shape index (κ2) is 18.5. The van der Waals surface area contributed by atoms with E-state index in [1.807, 2.05) is 34.6 Å². The first-order valence-electron chi connectivity index (χ1n) is 14.1. The van der Waals surface area contributed by atoms with Crippen LogP contribution < -0.4 is 32.7 Å². The highest BCUT2D eigenvalue weighted by molar-refractivity contribution is 5.95. The van der Waals surface area contributed by atoms with Crippen LogP contribution >= 0.6 is 0 Å². The Balaban J connectivity index is 5.85. The summed E-state index contributed by atoms with van der Waals surface area (Å²) >= 11 is 0. The molecule has 0 saturated heterocycles. The molecule has 0 radical (unpaired) electrons. The van der Waals surface area contributed by atoms with Gasteiger partial charge in [-0.3, -0.25) is 24.0 Å². The topological polar surface area (TPSA) is 206 Å². The van der Waals surface area contributed by atoms with Gasteiger partial charge >= 0.3 is 5.97 Å². The lowest BCUT2D eigenvalue weighted by atomic mass is 9.93. The molecule has 8 atom stereocenters. The molecule has 0 aliphatic carbocycles. The Morgan fingerprint density at radius 2 is 1.13 bits per heavy atom. The van der Waals surface area contributed by atoms with Crippen molar-refractivity contribution >= 4 is 29.6 Å². The Bertz CT molecular complexity index is 810. The highest BCUT2D eigenvalue weighted by Gasteiger charge is 2.35. The zero-order valence-electron chi connectivity index (χ0n) is 24.7. The van der Waals surface area contributed by atoms with Gasteiger partial charge in [-0.15, -0.1) is 0 Å². The molecule has 12 nitrogen and oxygen atoms in total.